The molecule has 0 saturated carbocycles. The van der Waals surface area contributed by atoms with E-state index in [1.807, 2.05) is 31.2 Å². The molecule has 1 N–H and O–H groups in total. The molecule has 0 bridgehead atoms. The Morgan fingerprint density at radius 1 is 1.09 bits per heavy atom. The standard InChI is InChI=1S/C25H26N4O4S/c1-17-27-22-13-14-26-23(25(22)28-17)15-19-9-11-21(12-10-19)34(31,32)29(3)16-24(33-18(2)30)20-7-5-4-6-8-20/h4-14,24H,15-16H2,1-3H3,(H,27,28). The Labute approximate surface area is 198 Å². The van der Waals surface area contributed by atoms with Crippen LogP contribution in [0.2, 0.25) is 0 Å². The summed E-state index contributed by atoms with van der Waals surface area (Å²) < 4.78 is 33.0. The number of aromatic nitrogens is 3. The van der Waals surface area contributed by atoms with E-state index in [-0.39, 0.29) is 11.4 Å². The van der Waals surface area contributed by atoms with Crippen LogP contribution in [0.3, 0.4) is 0 Å². The molecule has 0 spiro atoms. The molecule has 176 valence electrons. The van der Waals surface area contributed by atoms with Gasteiger partial charge in [-0.15, -0.1) is 0 Å². The van der Waals surface area contributed by atoms with Crippen molar-refractivity contribution in [3.8, 4) is 0 Å². The fourth-order valence-electron chi connectivity index (χ4n) is 3.81. The SMILES string of the molecule is CC(=O)OC(CN(C)S(=O)(=O)c1ccc(Cc2nccc3[nH]c(C)nc23)cc1)c1ccccc1. The van der Waals surface area contributed by atoms with Gasteiger partial charge in [0.05, 0.1) is 22.7 Å². The highest BCUT2D eigenvalue weighted by molar-refractivity contribution is 7.89. The van der Waals surface area contributed by atoms with Crippen molar-refractivity contribution in [3.63, 3.8) is 0 Å². The van der Waals surface area contributed by atoms with Gasteiger partial charge in [0.2, 0.25) is 10.0 Å². The molecule has 0 aliphatic rings. The summed E-state index contributed by atoms with van der Waals surface area (Å²) in [4.78, 5) is 23.9. The lowest BCUT2D eigenvalue weighted by atomic mass is 10.1. The number of carbonyl (C=O) groups is 1. The van der Waals surface area contributed by atoms with Gasteiger partial charge in [0.15, 0.2) is 0 Å². The van der Waals surface area contributed by atoms with Crippen LogP contribution in [0, 0.1) is 6.92 Å². The van der Waals surface area contributed by atoms with Crippen LogP contribution >= 0.6 is 0 Å². The number of hydrogen-bond donors (Lipinski definition) is 1. The number of esters is 1. The van der Waals surface area contributed by atoms with Crippen LogP contribution in [-0.4, -0.2) is 47.2 Å². The summed E-state index contributed by atoms with van der Waals surface area (Å²) in [6.07, 6.45) is 1.55. The first-order chi connectivity index (χ1) is 16.2. The average molecular weight is 479 g/mol. The molecule has 4 aromatic rings. The summed E-state index contributed by atoms with van der Waals surface area (Å²) >= 11 is 0. The zero-order valence-corrected chi connectivity index (χ0v) is 20.0. The molecule has 0 amide bonds. The van der Waals surface area contributed by atoms with Gasteiger partial charge in [0.1, 0.15) is 17.4 Å². The van der Waals surface area contributed by atoms with Gasteiger partial charge in [-0.2, -0.15) is 4.31 Å². The number of fused-ring (bicyclic) bond motifs is 1. The first-order valence-electron chi connectivity index (χ1n) is 10.8. The van der Waals surface area contributed by atoms with Crippen molar-refractivity contribution >= 4 is 27.0 Å². The Morgan fingerprint density at radius 3 is 2.47 bits per heavy atom. The van der Waals surface area contributed by atoms with Gasteiger partial charge in [0, 0.05) is 26.6 Å². The van der Waals surface area contributed by atoms with E-state index < -0.39 is 22.1 Å². The number of carbonyl (C=O) groups excluding carboxylic acids is 1. The van der Waals surface area contributed by atoms with E-state index >= 15 is 0 Å². The van der Waals surface area contributed by atoms with Crippen LogP contribution in [0.1, 0.15) is 35.7 Å². The van der Waals surface area contributed by atoms with Crippen molar-refractivity contribution in [2.75, 3.05) is 13.6 Å². The van der Waals surface area contributed by atoms with Gasteiger partial charge in [0.25, 0.3) is 0 Å². The van der Waals surface area contributed by atoms with Gasteiger partial charge in [-0.05, 0) is 36.2 Å². The van der Waals surface area contributed by atoms with Crippen molar-refractivity contribution < 1.29 is 17.9 Å². The smallest absolute Gasteiger partial charge is 0.303 e. The number of aryl methyl sites for hydroxylation is 1. The Hall–Kier alpha value is -3.56. The number of ether oxygens (including phenoxy) is 1. The topological polar surface area (TPSA) is 105 Å². The largest absolute Gasteiger partial charge is 0.456 e. The lowest BCUT2D eigenvalue weighted by Crippen LogP contribution is -2.32. The number of sulfonamides is 1. The predicted molar refractivity (Wildman–Crippen MR) is 129 cm³/mol. The van der Waals surface area contributed by atoms with Crippen LogP contribution in [0.15, 0.2) is 71.8 Å². The fraction of sp³-hybridized carbons (Fsp3) is 0.240. The number of nitrogens with zero attached hydrogens (tertiary/aromatic N) is 3. The number of hydrogen-bond acceptors (Lipinski definition) is 6. The van der Waals surface area contributed by atoms with Crippen molar-refractivity contribution in [2.45, 2.75) is 31.3 Å². The van der Waals surface area contributed by atoms with Crippen molar-refractivity contribution in [3.05, 3.63) is 89.5 Å². The van der Waals surface area contributed by atoms with Crippen molar-refractivity contribution in [1.82, 2.24) is 19.3 Å². The molecule has 4 rings (SSSR count). The lowest BCUT2D eigenvalue weighted by Gasteiger charge is -2.24. The second-order valence-electron chi connectivity index (χ2n) is 8.09. The number of aromatic amines is 1. The molecule has 0 saturated heterocycles. The zero-order chi connectivity index (χ0) is 24.3. The Bertz CT molecular complexity index is 1400. The highest BCUT2D eigenvalue weighted by Crippen LogP contribution is 2.24. The minimum absolute atomic E-state index is 0.00188. The number of likely N-dealkylation sites (N-methyl/N-ethyl adjacent to an activating group) is 1. The second-order valence-corrected chi connectivity index (χ2v) is 10.1. The van der Waals surface area contributed by atoms with Gasteiger partial charge < -0.3 is 9.72 Å². The first-order valence-corrected chi connectivity index (χ1v) is 12.3. The minimum atomic E-state index is -3.79. The van der Waals surface area contributed by atoms with Crippen LogP contribution in [0.5, 0.6) is 0 Å². The maximum absolute atomic E-state index is 13.2. The second kappa shape index (κ2) is 9.74. The minimum Gasteiger partial charge on any atom is -0.456 e. The first kappa shape index (κ1) is 23.6. The molecule has 0 aliphatic carbocycles. The van der Waals surface area contributed by atoms with Crippen LogP contribution in [-0.2, 0) is 26.0 Å². The molecule has 2 heterocycles. The summed E-state index contributed by atoms with van der Waals surface area (Å²) in [5.41, 5.74) is 4.20. The molecule has 0 radical (unpaired) electrons. The predicted octanol–water partition coefficient (Wildman–Crippen LogP) is 3.78. The van der Waals surface area contributed by atoms with Gasteiger partial charge in [-0.3, -0.25) is 9.78 Å². The fourth-order valence-corrected chi connectivity index (χ4v) is 4.98. The molecule has 2 aromatic heterocycles. The summed E-state index contributed by atoms with van der Waals surface area (Å²) in [5.74, 6) is 0.344. The number of nitrogens with one attached hydrogen (secondary N) is 1. The Kier molecular flexibility index (Phi) is 6.76. The molecule has 0 fully saturated rings. The maximum atomic E-state index is 13.2. The average Bonchev–Trinajstić information content (AvgIpc) is 3.20. The Balaban J connectivity index is 1.52. The van der Waals surface area contributed by atoms with E-state index in [9.17, 15) is 13.2 Å². The molecule has 2 aromatic carbocycles. The maximum Gasteiger partial charge on any atom is 0.303 e. The van der Waals surface area contributed by atoms with Crippen LogP contribution in [0.4, 0.5) is 0 Å². The highest BCUT2D eigenvalue weighted by Gasteiger charge is 2.26. The highest BCUT2D eigenvalue weighted by atomic mass is 32.2. The summed E-state index contributed by atoms with van der Waals surface area (Å²) in [6.45, 7) is 3.20. The van der Waals surface area contributed by atoms with Crippen LogP contribution < -0.4 is 0 Å². The molecule has 0 aliphatic heterocycles. The third kappa shape index (κ3) is 5.16. The number of H-pyrrole nitrogens is 1. The number of pyridine rings is 1. The van der Waals surface area contributed by atoms with E-state index in [0.717, 1.165) is 33.7 Å². The van der Waals surface area contributed by atoms with E-state index in [0.29, 0.717) is 6.42 Å². The number of benzene rings is 2. The van der Waals surface area contributed by atoms with Gasteiger partial charge in [-0.1, -0.05) is 42.5 Å². The zero-order valence-electron chi connectivity index (χ0n) is 19.2. The lowest BCUT2D eigenvalue weighted by molar-refractivity contribution is -0.147. The Morgan fingerprint density at radius 2 is 1.79 bits per heavy atom. The molecule has 34 heavy (non-hydrogen) atoms. The monoisotopic (exact) mass is 478 g/mol. The van der Waals surface area contributed by atoms with Gasteiger partial charge in [-0.25, -0.2) is 13.4 Å². The molecule has 8 nitrogen and oxygen atoms in total. The van der Waals surface area contributed by atoms with Crippen molar-refractivity contribution in [1.29, 1.82) is 0 Å². The molecule has 1 unspecified atom stereocenters. The molecule has 1 atom stereocenters. The van der Waals surface area contributed by atoms with E-state index in [2.05, 4.69) is 15.0 Å². The summed E-state index contributed by atoms with van der Waals surface area (Å²) in [7, 11) is -2.31. The summed E-state index contributed by atoms with van der Waals surface area (Å²) in [6, 6.07) is 17.7. The summed E-state index contributed by atoms with van der Waals surface area (Å²) in [5, 5.41) is 0. The van der Waals surface area contributed by atoms with E-state index in [1.165, 1.54) is 18.3 Å². The number of rotatable bonds is 8. The van der Waals surface area contributed by atoms with Crippen LogP contribution in [0.25, 0.3) is 11.0 Å². The van der Waals surface area contributed by atoms with Gasteiger partial charge >= 0.3 is 5.97 Å². The van der Waals surface area contributed by atoms with Crippen molar-refractivity contribution in [2.24, 2.45) is 0 Å². The molecule has 9 heteroatoms. The normalized spacial score (nSPS) is 12.7. The molecular weight excluding hydrogens is 452 g/mol. The van der Waals surface area contributed by atoms with E-state index in [1.54, 1.807) is 42.6 Å². The quantitative estimate of drug-likeness (QED) is 0.387. The van der Waals surface area contributed by atoms with E-state index in [4.69, 9.17) is 4.74 Å². The molecular formula is C25H26N4O4S. The third-order valence-electron chi connectivity index (χ3n) is 5.50. The third-order valence-corrected chi connectivity index (χ3v) is 7.34. The number of imidazole rings is 1.